The standard InChI is InChI=1S/C18H19N3O3/c1-11-5-6-13(9-12(11)2)24-14-7-8-19-15(10-14)21-16(22)18(3,4)20-17(21)23/h5-10H,1-4H3,(H,20,23). The van der Waals surface area contributed by atoms with Crippen LogP contribution in [0, 0.1) is 13.8 Å². The van der Waals surface area contributed by atoms with Crippen molar-refractivity contribution in [3.05, 3.63) is 47.7 Å². The number of pyridine rings is 1. The molecule has 0 atom stereocenters. The Morgan fingerprint density at radius 3 is 2.38 bits per heavy atom. The molecule has 1 aromatic carbocycles. The van der Waals surface area contributed by atoms with E-state index < -0.39 is 11.6 Å². The van der Waals surface area contributed by atoms with Crippen molar-refractivity contribution < 1.29 is 14.3 Å². The summed E-state index contributed by atoms with van der Waals surface area (Å²) in [5, 5.41) is 2.63. The minimum Gasteiger partial charge on any atom is -0.457 e. The van der Waals surface area contributed by atoms with Gasteiger partial charge in [-0.25, -0.2) is 14.7 Å². The predicted octanol–water partition coefficient (Wildman–Crippen LogP) is 3.33. The van der Waals surface area contributed by atoms with Gasteiger partial charge < -0.3 is 10.1 Å². The van der Waals surface area contributed by atoms with Crippen molar-refractivity contribution in [2.45, 2.75) is 33.2 Å². The van der Waals surface area contributed by atoms with Crippen molar-refractivity contribution in [3.63, 3.8) is 0 Å². The zero-order valence-corrected chi connectivity index (χ0v) is 14.1. The number of imide groups is 1. The molecule has 124 valence electrons. The summed E-state index contributed by atoms with van der Waals surface area (Å²) < 4.78 is 5.83. The van der Waals surface area contributed by atoms with Crippen molar-refractivity contribution in [1.29, 1.82) is 0 Å². The SMILES string of the molecule is Cc1ccc(Oc2ccnc(N3C(=O)NC(C)(C)C3=O)c2)cc1C. The number of nitrogens with one attached hydrogen (secondary N) is 1. The van der Waals surface area contributed by atoms with E-state index in [0.717, 1.165) is 10.5 Å². The lowest BCUT2D eigenvalue weighted by Crippen LogP contribution is -2.40. The maximum atomic E-state index is 12.4. The zero-order chi connectivity index (χ0) is 17.5. The lowest BCUT2D eigenvalue weighted by molar-refractivity contribution is -0.121. The molecule has 6 nitrogen and oxygen atoms in total. The second kappa shape index (κ2) is 5.63. The van der Waals surface area contributed by atoms with Crippen LogP contribution in [0.15, 0.2) is 36.5 Å². The van der Waals surface area contributed by atoms with Gasteiger partial charge in [-0.2, -0.15) is 0 Å². The average molecular weight is 325 g/mol. The highest BCUT2D eigenvalue weighted by Gasteiger charge is 2.45. The quantitative estimate of drug-likeness (QED) is 0.879. The molecule has 1 fully saturated rings. The first-order chi connectivity index (χ1) is 11.3. The minimum absolute atomic E-state index is 0.240. The Labute approximate surface area is 140 Å². The second-order valence-electron chi connectivity index (χ2n) is 6.39. The summed E-state index contributed by atoms with van der Waals surface area (Å²) in [5.41, 5.74) is 1.36. The van der Waals surface area contributed by atoms with Gasteiger partial charge in [0.05, 0.1) is 0 Å². The number of amides is 3. The van der Waals surface area contributed by atoms with Gasteiger partial charge in [0, 0.05) is 12.3 Å². The molecule has 0 saturated carbocycles. The number of urea groups is 1. The second-order valence-corrected chi connectivity index (χ2v) is 6.39. The van der Waals surface area contributed by atoms with Gasteiger partial charge in [0.25, 0.3) is 5.91 Å². The number of carbonyl (C=O) groups is 2. The molecule has 1 aliphatic rings. The number of ether oxygens (including phenoxy) is 1. The van der Waals surface area contributed by atoms with Crippen LogP contribution in [0.3, 0.4) is 0 Å². The summed E-state index contributed by atoms with van der Waals surface area (Å²) >= 11 is 0. The molecule has 1 aromatic heterocycles. The van der Waals surface area contributed by atoms with Crippen molar-refractivity contribution in [1.82, 2.24) is 10.3 Å². The molecule has 3 rings (SSSR count). The van der Waals surface area contributed by atoms with E-state index in [4.69, 9.17) is 4.74 Å². The number of hydrogen-bond donors (Lipinski definition) is 1. The first-order valence-electron chi connectivity index (χ1n) is 7.66. The molecule has 2 aromatic rings. The third-order valence-corrected chi connectivity index (χ3v) is 4.02. The number of anilines is 1. The van der Waals surface area contributed by atoms with E-state index in [2.05, 4.69) is 10.3 Å². The number of aromatic nitrogens is 1. The van der Waals surface area contributed by atoms with E-state index in [1.54, 1.807) is 26.0 Å². The van der Waals surface area contributed by atoms with Crippen LogP contribution in [0.4, 0.5) is 10.6 Å². The fraction of sp³-hybridized carbons (Fsp3) is 0.278. The highest BCUT2D eigenvalue weighted by molar-refractivity contribution is 6.22. The molecular weight excluding hydrogens is 306 g/mol. The molecule has 1 N–H and O–H groups in total. The number of nitrogens with zero attached hydrogens (tertiary/aromatic N) is 2. The van der Waals surface area contributed by atoms with Crippen molar-refractivity contribution >= 4 is 17.8 Å². The molecule has 0 unspecified atom stereocenters. The number of rotatable bonds is 3. The molecular formula is C18H19N3O3. The predicted molar refractivity (Wildman–Crippen MR) is 90.3 cm³/mol. The highest BCUT2D eigenvalue weighted by atomic mass is 16.5. The Kier molecular flexibility index (Phi) is 3.75. The Balaban J connectivity index is 1.88. The smallest absolute Gasteiger partial charge is 0.330 e. The number of benzene rings is 1. The molecule has 1 aliphatic heterocycles. The maximum Gasteiger partial charge on any atom is 0.330 e. The van der Waals surface area contributed by atoms with Gasteiger partial charge in [-0.1, -0.05) is 6.07 Å². The van der Waals surface area contributed by atoms with Crippen LogP contribution >= 0.6 is 0 Å². The molecule has 0 radical (unpaired) electrons. The van der Waals surface area contributed by atoms with E-state index in [1.807, 2.05) is 32.0 Å². The Hall–Kier alpha value is -2.89. The maximum absolute atomic E-state index is 12.4. The molecule has 6 heteroatoms. The summed E-state index contributed by atoms with van der Waals surface area (Å²) in [5.74, 6) is 1.09. The van der Waals surface area contributed by atoms with Gasteiger partial charge >= 0.3 is 6.03 Å². The van der Waals surface area contributed by atoms with Crippen molar-refractivity contribution in [2.75, 3.05) is 4.90 Å². The van der Waals surface area contributed by atoms with E-state index in [1.165, 1.54) is 11.8 Å². The Bertz CT molecular complexity index is 830. The lowest BCUT2D eigenvalue weighted by atomic mass is 10.1. The van der Waals surface area contributed by atoms with Crippen LogP contribution in [0.2, 0.25) is 0 Å². The zero-order valence-electron chi connectivity index (χ0n) is 14.1. The lowest BCUT2D eigenvalue weighted by Gasteiger charge is -2.16. The number of carbonyl (C=O) groups excluding carboxylic acids is 2. The van der Waals surface area contributed by atoms with Gasteiger partial charge in [-0.15, -0.1) is 0 Å². The highest BCUT2D eigenvalue weighted by Crippen LogP contribution is 2.28. The Morgan fingerprint density at radius 2 is 1.75 bits per heavy atom. The van der Waals surface area contributed by atoms with Gasteiger partial charge in [-0.3, -0.25) is 4.79 Å². The minimum atomic E-state index is -0.941. The first-order valence-corrected chi connectivity index (χ1v) is 7.66. The van der Waals surface area contributed by atoms with Crippen LogP contribution in [-0.2, 0) is 4.79 Å². The fourth-order valence-electron chi connectivity index (χ4n) is 2.46. The van der Waals surface area contributed by atoms with E-state index in [0.29, 0.717) is 11.5 Å². The van der Waals surface area contributed by atoms with Gasteiger partial charge in [0.2, 0.25) is 0 Å². The first kappa shape index (κ1) is 16.0. The molecule has 0 spiro atoms. The van der Waals surface area contributed by atoms with E-state index >= 15 is 0 Å². The average Bonchev–Trinajstić information content (AvgIpc) is 2.71. The molecule has 3 amide bonds. The van der Waals surface area contributed by atoms with Gasteiger partial charge in [-0.05, 0) is 57.0 Å². The summed E-state index contributed by atoms with van der Waals surface area (Å²) in [6, 6.07) is 8.56. The Morgan fingerprint density at radius 1 is 1.04 bits per heavy atom. The monoisotopic (exact) mass is 325 g/mol. The van der Waals surface area contributed by atoms with Crippen molar-refractivity contribution in [3.8, 4) is 11.5 Å². The van der Waals surface area contributed by atoms with Crippen LogP contribution in [0.25, 0.3) is 0 Å². The van der Waals surface area contributed by atoms with Crippen LogP contribution < -0.4 is 15.0 Å². The summed E-state index contributed by atoms with van der Waals surface area (Å²) in [6.45, 7) is 7.35. The summed E-state index contributed by atoms with van der Waals surface area (Å²) in [4.78, 5) is 29.6. The third kappa shape index (κ3) is 2.82. The third-order valence-electron chi connectivity index (χ3n) is 4.02. The number of hydrogen-bond acceptors (Lipinski definition) is 4. The van der Waals surface area contributed by atoms with Crippen LogP contribution in [-0.4, -0.2) is 22.5 Å². The topological polar surface area (TPSA) is 71.5 Å². The molecule has 2 heterocycles. The van der Waals surface area contributed by atoms with E-state index in [9.17, 15) is 9.59 Å². The molecule has 0 bridgehead atoms. The van der Waals surface area contributed by atoms with E-state index in [-0.39, 0.29) is 11.7 Å². The normalized spacial score (nSPS) is 16.2. The van der Waals surface area contributed by atoms with Gasteiger partial charge in [0.1, 0.15) is 22.9 Å². The van der Waals surface area contributed by atoms with Crippen LogP contribution in [0.5, 0.6) is 11.5 Å². The fourth-order valence-corrected chi connectivity index (χ4v) is 2.46. The molecule has 0 aliphatic carbocycles. The van der Waals surface area contributed by atoms with Gasteiger partial charge in [0.15, 0.2) is 0 Å². The number of aryl methyl sites for hydroxylation is 2. The summed E-state index contributed by atoms with van der Waals surface area (Å²) in [6.07, 6.45) is 1.51. The van der Waals surface area contributed by atoms with Crippen LogP contribution in [0.1, 0.15) is 25.0 Å². The molecule has 24 heavy (non-hydrogen) atoms. The summed E-state index contributed by atoms with van der Waals surface area (Å²) in [7, 11) is 0. The van der Waals surface area contributed by atoms with Crippen molar-refractivity contribution in [2.24, 2.45) is 0 Å². The molecule has 1 saturated heterocycles. The largest absolute Gasteiger partial charge is 0.457 e.